The number of rotatable bonds is 9. The Labute approximate surface area is 166 Å². The van der Waals surface area contributed by atoms with Crippen molar-refractivity contribution in [2.24, 2.45) is 5.92 Å². The van der Waals surface area contributed by atoms with Crippen LogP contribution in [0.25, 0.3) is 0 Å². The number of ether oxygens (including phenoxy) is 4. The fraction of sp³-hybridized carbons (Fsp3) is 0.391. The molecule has 5 nitrogen and oxygen atoms in total. The molecule has 1 atom stereocenters. The molecule has 0 bridgehead atoms. The zero-order valence-electron chi connectivity index (χ0n) is 16.3. The molecule has 1 saturated carbocycles. The molecule has 1 N–H and O–H groups in total. The minimum absolute atomic E-state index is 0.304. The topological polar surface area (TPSA) is 49.0 Å². The van der Waals surface area contributed by atoms with E-state index in [1.54, 1.807) is 13.2 Å². The highest BCUT2D eigenvalue weighted by atomic mass is 16.6. The number of fused-ring (bicyclic) bond motifs is 1. The van der Waals surface area contributed by atoms with Crippen molar-refractivity contribution < 1.29 is 18.9 Å². The lowest BCUT2D eigenvalue weighted by Crippen LogP contribution is -2.23. The van der Waals surface area contributed by atoms with Crippen LogP contribution in [0.3, 0.4) is 0 Å². The molecule has 1 unspecified atom stereocenters. The van der Waals surface area contributed by atoms with Crippen LogP contribution in [0, 0.1) is 5.92 Å². The second-order valence-electron chi connectivity index (χ2n) is 7.18. The summed E-state index contributed by atoms with van der Waals surface area (Å²) < 4.78 is 22.5. The van der Waals surface area contributed by atoms with Gasteiger partial charge in [-0.05, 0) is 54.2 Å². The Hall–Kier alpha value is -2.66. The van der Waals surface area contributed by atoms with E-state index >= 15 is 0 Å². The minimum atomic E-state index is 0.304. The van der Waals surface area contributed by atoms with Crippen molar-refractivity contribution in [3.8, 4) is 23.0 Å². The number of benzene rings is 2. The maximum Gasteiger partial charge on any atom is 0.161 e. The molecule has 2 aromatic rings. The van der Waals surface area contributed by atoms with E-state index < -0.39 is 0 Å². The maximum atomic E-state index is 5.76. The first-order valence-corrected chi connectivity index (χ1v) is 9.82. The van der Waals surface area contributed by atoms with E-state index in [4.69, 9.17) is 18.9 Å². The Morgan fingerprint density at radius 3 is 2.68 bits per heavy atom. The Balaban J connectivity index is 1.47. The average molecular weight is 381 g/mol. The second-order valence-corrected chi connectivity index (χ2v) is 7.18. The summed E-state index contributed by atoms with van der Waals surface area (Å²) in [7, 11) is 1.66. The largest absolute Gasteiger partial charge is 0.493 e. The van der Waals surface area contributed by atoms with E-state index in [1.807, 2.05) is 18.2 Å². The van der Waals surface area contributed by atoms with E-state index in [-0.39, 0.29) is 0 Å². The normalized spacial score (nSPS) is 16.3. The molecule has 2 aliphatic rings. The SMILES string of the molecule is C=CCOc1ccc(CNC(c2ccc3c(c2)OCCO3)C2CC2)cc1OC. The third-order valence-electron chi connectivity index (χ3n) is 5.13. The van der Waals surface area contributed by atoms with Crippen LogP contribution in [0.5, 0.6) is 23.0 Å². The van der Waals surface area contributed by atoms with Gasteiger partial charge in [0.05, 0.1) is 7.11 Å². The molecule has 4 rings (SSSR count). The Bertz CT molecular complexity index is 831. The highest BCUT2D eigenvalue weighted by molar-refractivity contribution is 5.45. The monoisotopic (exact) mass is 381 g/mol. The van der Waals surface area contributed by atoms with Crippen LogP contribution in [-0.2, 0) is 6.54 Å². The molecule has 1 aliphatic heterocycles. The third kappa shape index (κ3) is 4.25. The van der Waals surface area contributed by atoms with Crippen molar-refractivity contribution in [2.45, 2.75) is 25.4 Å². The lowest BCUT2D eigenvalue weighted by molar-refractivity contribution is 0.171. The van der Waals surface area contributed by atoms with Crippen LogP contribution in [-0.4, -0.2) is 26.9 Å². The van der Waals surface area contributed by atoms with Crippen LogP contribution >= 0.6 is 0 Å². The summed E-state index contributed by atoms with van der Waals surface area (Å²) in [5.41, 5.74) is 2.41. The fourth-order valence-corrected chi connectivity index (χ4v) is 3.56. The maximum absolute atomic E-state index is 5.76. The van der Waals surface area contributed by atoms with E-state index in [9.17, 15) is 0 Å². The first-order valence-electron chi connectivity index (χ1n) is 9.82. The summed E-state index contributed by atoms with van der Waals surface area (Å²) in [5.74, 6) is 3.82. The number of hydrogen-bond acceptors (Lipinski definition) is 5. The van der Waals surface area contributed by atoms with E-state index in [0.29, 0.717) is 31.8 Å². The molecule has 0 spiro atoms. The zero-order chi connectivity index (χ0) is 19.3. The summed E-state index contributed by atoms with van der Waals surface area (Å²) in [6.45, 7) is 6.13. The molecule has 1 fully saturated rings. The molecule has 0 aromatic heterocycles. The summed E-state index contributed by atoms with van der Waals surface area (Å²) in [6, 6.07) is 12.7. The Morgan fingerprint density at radius 1 is 1.11 bits per heavy atom. The van der Waals surface area contributed by atoms with Gasteiger partial charge >= 0.3 is 0 Å². The van der Waals surface area contributed by atoms with Crippen molar-refractivity contribution in [3.05, 3.63) is 60.2 Å². The molecule has 1 aliphatic carbocycles. The first-order chi connectivity index (χ1) is 13.8. The molecule has 28 heavy (non-hydrogen) atoms. The predicted octanol–water partition coefficient (Wildman–Crippen LogP) is 4.27. The number of methoxy groups -OCH3 is 1. The lowest BCUT2D eigenvalue weighted by Gasteiger charge is -2.23. The van der Waals surface area contributed by atoms with Crippen LogP contribution in [0.1, 0.15) is 30.0 Å². The van der Waals surface area contributed by atoms with Crippen molar-refractivity contribution in [1.82, 2.24) is 5.32 Å². The van der Waals surface area contributed by atoms with Gasteiger partial charge in [-0.25, -0.2) is 0 Å². The van der Waals surface area contributed by atoms with Gasteiger partial charge in [0.2, 0.25) is 0 Å². The smallest absolute Gasteiger partial charge is 0.161 e. The first kappa shape index (κ1) is 18.7. The van der Waals surface area contributed by atoms with Gasteiger partial charge in [-0.3, -0.25) is 0 Å². The van der Waals surface area contributed by atoms with Gasteiger partial charge in [-0.1, -0.05) is 24.8 Å². The molecular formula is C23H27NO4. The van der Waals surface area contributed by atoms with Gasteiger partial charge < -0.3 is 24.3 Å². The van der Waals surface area contributed by atoms with Gasteiger partial charge in [-0.2, -0.15) is 0 Å². The van der Waals surface area contributed by atoms with Gasteiger partial charge in [0.15, 0.2) is 23.0 Å². The molecule has 2 aromatic carbocycles. The predicted molar refractivity (Wildman–Crippen MR) is 108 cm³/mol. The summed E-state index contributed by atoms with van der Waals surface area (Å²) in [5, 5.41) is 3.73. The standard InChI is InChI=1S/C23H27NO4/c1-3-10-26-19-8-4-16(13-21(19)25-2)15-24-23(17-5-6-17)18-7-9-20-22(14-18)28-12-11-27-20/h3-4,7-9,13-14,17,23-24H,1,5-6,10-12,15H2,2H3. The highest BCUT2D eigenvalue weighted by Gasteiger charge is 2.32. The molecule has 1 heterocycles. The van der Waals surface area contributed by atoms with E-state index in [0.717, 1.165) is 35.1 Å². The van der Waals surface area contributed by atoms with Crippen molar-refractivity contribution >= 4 is 0 Å². The molecule has 0 radical (unpaired) electrons. The number of hydrogen-bond donors (Lipinski definition) is 1. The van der Waals surface area contributed by atoms with Crippen LogP contribution < -0.4 is 24.3 Å². The summed E-state index contributed by atoms with van der Waals surface area (Å²) in [6.07, 6.45) is 4.23. The molecular weight excluding hydrogens is 354 g/mol. The highest BCUT2D eigenvalue weighted by Crippen LogP contribution is 2.43. The quantitative estimate of drug-likeness (QED) is 0.657. The summed E-state index contributed by atoms with van der Waals surface area (Å²) >= 11 is 0. The van der Waals surface area contributed by atoms with Gasteiger partial charge in [0, 0.05) is 12.6 Å². The molecule has 148 valence electrons. The van der Waals surface area contributed by atoms with Gasteiger partial charge in [0.25, 0.3) is 0 Å². The van der Waals surface area contributed by atoms with Crippen molar-refractivity contribution in [3.63, 3.8) is 0 Å². The Morgan fingerprint density at radius 2 is 1.93 bits per heavy atom. The van der Waals surface area contributed by atoms with Crippen molar-refractivity contribution in [2.75, 3.05) is 26.9 Å². The van der Waals surface area contributed by atoms with Crippen LogP contribution in [0.15, 0.2) is 49.1 Å². The van der Waals surface area contributed by atoms with Crippen molar-refractivity contribution in [1.29, 1.82) is 0 Å². The lowest BCUT2D eigenvalue weighted by atomic mass is 10.0. The van der Waals surface area contributed by atoms with Gasteiger partial charge in [0.1, 0.15) is 19.8 Å². The zero-order valence-corrected chi connectivity index (χ0v) is 16.3. The van der Waals surface area contributed by atoms with E-state index in [1.165, 1.54) is 18.4 Å². The fourth-order valence-electron chi connectivity index (χ4n) is 3.56. The number of nitrogens with one attached hydrogen (secondary N) is 1. The molecule has 0 amide bonds. The second kappa shape index (κ2) is 8.57. The summed E-state index contributed by atoms with van der Waals surface area (Å²) in [4.78, 5) is 0. The minimum Gasteiger partial charge on any atom is -0.493 e. The molecule has 5 heteroatoms. The van der Waals surface area contributed by atoms with Crippen LogP contribution in [0.2, 0.25) is 0 Å². The van der Waals surface area contributed by atoms with E-state index in [2.05, 4.69) is 30.1 Å². The Kier molecular flexibility index (Phi) is 5.72. The average Bonchev–Trinajstić information content (AvgIpc) is 3.58. The van der Waals surface area contributed by atoms with Crippen LogP contribution in [0.4, 0.5) is 0 Å². The molecule has 0 saturated heterocycles. The third-order valence-corrected chi connectivity index (χ3v) is 5.13. The van der Waals surface area contributed by atoms with Gasteiger partial charge in [-0.15, -0.1) is 0 Å².